The van der Waals surface area contributed by atoms with Gasteiger partial charge in [0.1, 0.15) is 5.75 Å². The molecule has 1 aromatic rings. The number of hydrogen-bond donors (Lipinski definition) is 2. The zero-order valence-electron chi connectivity index (χ0n) is 11.2. The van der Waals surface area contributed by atoms with Gasteiger partial charge >= 0.3 is 6.03 Å². The zero-order valence-corrected chi connectivity index (χ0v) is 11.2. The molecule has 0 radical (unpaired) electrons. The average molecular weight is 260 g/mol. The molecule has 0 heterocycles. The van der Waals surface area contributed by atoms with E-state index in [4.69, 9.17) is 4.74 Å². The molecule has 0 aliphatic heterocycles. The lowest BCUT2D eigenvalue weighted by atomic mass is 9.95. The largest absolute Gasteiger partial charge is 0.495 e. The molecule has 2 bridgehead atoms. The summed E-state index contributed by atoms with van der Waals surface area (Å²) >= 11 is 0. The van der Waals surface area contributed by atoms with Crippen LogP contribution < -0.4 is 15.4 Å². The number of fused-ring (bicyclic) bond motifs is 2. The summed E-state index contributed by atoms with van der Waals surface area (Å²) in [7, 11) is 1.61. The summed E-state index contributed by atoms with van der Waals surface area (Å²) < 4.78 is 5.22. The van der Waals surface area contributed by atoms with Crippen molar-refractivity contribution < 1.29 is 9.53 Å². The van der Waals surface area contributed by atoms with Crippen molar-refractivity contribution in [3.05, 3.63) is 24.3 Å². The number of methoxy groups -OCH3 is 1. The molecule has 4 nitrogen and oxygen atoms in total. The average Bonchev–Trinajstić information content (AvgIpc) is 3.01. The molecule has 2 aliphatic rings. The van der Waals surface area contributed by atoms with E-state index in [9.17, 15) is 4.79 Å². The van der Waals surface area contributed by atoms with Crippen molar-refractivity contribution in [2.75, 3.05) is 12.4 Å². The number of anilines is 1. The van der Waals surface area contributed by atoms with Crippen LogP contribution in [0.4, 0.5) is 10.5 Å². The van der Waals surface area contributed by atoms with Gasteiger partial charge in [-0.1, -0.05) is 18.6 Å². The number of rotatable bonds is 3. The molecule has 2 saturated carbocycles. The highest BCUT2D eigenvalue weighted by molar-refractivity contribution is 5.91. The number of para-hydroxylation sites is 2. The number of ether oxygens (including phenoxy) is 1. The van der Waals surface area contributed by atoms with Crippen LogP contribution in [0.25, 0.3) is 0 Å². The van der Waals surface area contributed by atoms with E-state index in [0.29, 0.717) is 23.4 Å². The summed E-state index contributed by atoms with van der Waals surface area (Å²) in [4.78, 5) is 12.0. The van der Waals surface area contributed by atoms with Gasteiger partial charge in [-0.15, -0.1) is 0 Å². The van der Waals surface area contributed by atoms with Crippen LogP contribution in [0.3, 0.4) is 0 Å². The molecule has 4 heteroatoms. The van der Waals surface area contributed by atoms with Crippen molar-refractivity contribution in [3.63, 3.8) is 0 Å². The topological polar surface area (TPSA) is 50.4 Å². The fourth-order valence-corrected chi connectivity index (χ4v) is 3.50. The van der Waals surface area contributed by atoms with Gasteiger partial charge in [-0.2, -0.15) is 0 Å². The van der Waals surface area contributed by atoms with Crippen LogP contribution in [0, 0.1) is 11.8 Å². The molecule has 2 amide bonds. The summed E-state index contributed by atoms with van der Waals surface area (Å²) in [6, 6.07) is 7.69. The Morgan fingerprint density at radius 1 is 1.26 bits per heavy atom. The Morgan fingerprint density at radius 3 is 2.79 bits per heavy atom. The van der Waals surface area contributed by atoms with Crippen LogP contribution >= 0.6 is 0 Å². The quantitative estimate of drug-likeness (QED) is 0.877. The van der Waals surface area contributed by atoms with E-state index in [0.717, 1.165) is 12.3 Å². The van der Waals surface area contributed by atoms with Gasteiger partial charge in [0, 0.05) is 6.04 Å². The van der Waals surface area contributed by atoms with Gasteiger partial charge in [-0.3, -0.25) is 0 Å². The van der Waals surface area contributed by atoms with Crippen molar-refractivity contribution in [3.8, 4) is 5.75 Å². The van der Waals surface area contributed by atoms with E-state index in [2.05, 4.69) is 10.6 Å². The Morgan fingerprint density at radius 2 is 2.11 bits per heavy atom. The number of carbonyl (C=O) groups excluding carboxylic acids is 1. The molecule has 102 valence electrons. The van der Waals surface area contributed by atoms with Crippen LogP contribution in [-0.2, 0) is 0 Å². The van der Waals surface area contributed by atoms with E-state index in [1.165, 1.54) is 19.3 Å². The van der Waals surface area contributed by atoms with Gasteiger partial charge in [0.25, 0.3) is 0 Å². The van der Waals surface area contributed by atoms with Crippen LogP contribution in [0.2, 0.25) is 0 Å². The third kappa shape index (κ3) is 2.53. The maximum Gasteiger partial charge on any atom is 0.319 e. The summed E-state index contributed by atoms with van der Waals surface area (Å²) in [6.45, 7) is 0. The summed E-state index contributed by atoms with van der Waals surface area (Å²) in [6.07, 6.45) is 5.05. The Labute approximate surface area is 113 Å². The summed E-state index contributed by atoms with van der Waals surface area (Å²) in [5, 5.41) is 5.98. The number of hydrogen-bond acceptors (Lipinski definition) is 2. The fourth-order valence-electron chi connectivity index (χ4n) is 3.50. The maximum atomic E-state index is 12.0. The lowest BCUT2D eigenvalue weighted by molar-refractivity contribution is 0.242. The highest BCUT2D eigenvalue weighted by Gasteiger charge is 2.40. The molecule has 19 heavy (non-hydrogen) atoms. The fraction of sp³-hybridized carbons (Fsp3) is 0.533. The van der Waals surface area contributed by atoms with Gasteiger partial charge in [0.2, 0.25) is 0 Å². The Hall–Kier alpha value is -1.71. The van der Waals surface area contributed by atoms with Gasteiger partial charge in [-0.05, 0) is 43.2 Å². The SMILES string of the molecule is COc1ccccc1NC(=O)N[C@@H]1C[C@H]2CC[C@@H]1C2. The Bertz CT molecular complexity index is 475. The molecule has 2 fully saturated rings. The standard InChI is InChI=1S/C15H20N2O2/c1-19-14-5-3-2-4-12(14)16-15(18)17-13-9-10-6-7-11(13)8-10/h2-5,10-11,13H,6-9H2,1H3,(H2,16,17,18)/t10-,11+,13+/m0/s1. The van der Waals surface area contributed by atoms with Crippen molar-refractivity contribution in [1.82, 2.24) is 5.32 Å². The number of nitrogens with one attached hydrogen (secondary N) is 2. The first-order valence-corrected chi connectivity index (χ1v) is 6.97. The molecule has 1 aromatic carbocycles. The Kier molecular flexibility index (Phi) is 3.32. The van der Waals surface area contributed by atoms with E-state index in [-0.39, 0.29) is 6.03 Å². The number of benzene rings is 1. The molecule has 3 atom stereocenters. The molecule has 3 rings (SSSR count). The second-order valence-electron chi connectivity index (χ2n) is 5.58. The second kappa shape index (κ2) is 5.11. The minimum absolute atomic E-state index is 0.123. The molecule has 0 spiro atoms. The second-order valence-corrected chi connectivity index (χ2v) is 5.58. The number of carbonyl (C=O) groups is 1. The van der Waals surface area contributed by atoms with Crippen molar-refractivity contribution >= 4 is 11.7 Å². The number of amides is 2. The van der Waals surface area contributed by atoms with E-state index < -0.39 is 0 Å². The van der Waals surface area contributed by atoms with Crippen LogP contribution in [0.5, 0.6) is 5.75 Å². The third-order valence-corrected chi connectivity index (χ3v) is 4.41. The zero-order chi connectivity index (χ0) is 13.2. The van der Waals surface area contributed by atoms with Crippen LogP contribution in [-0.4, -0.2) is 19.2 Å². The summed E-state index contributed by atoms with van der Waals surface area (Å²) in [5.74, 6) is 2.21. The molecule has 0 unspecified atom stereocenters. The van der Waals surface area contributed by atoms with Gasteiger partial charge in [0.05, 0.1) is 12.8 Å². The molecule has 2 aliphatic carbocycles. The summed E-state index contributed by atoms with van der Waals surface area (Å²) in [5.41, 5.74) is 0.714. The van der Waals surface area contributed by atoms with Crippen LogP contribution in [0.15, 0.2) is 24.3 Å². The van der Waals surface area contributed by atoms with Crippen molar-refractivity contribution in [1.29, 1.82) is 0 Å². The van der Waals surface area contributed by atoms with Gasteiger partial charge < -0.3 is 15.4 Å². The lowest BCUT2D eigenvalue weighted by Gasteiger charge is -2.23. The van der Waals surface area contributed by atoms with E-state index in [1.807, 2.05) is 24.3 Å². The Balaban J connectivity index is 1.59. The third-order valence-electron chi connectivity index (χ3n) is 4.41. The first kappa shape index (κ1) is 12.3. The smallest absolute Gasteiger partial charge is 0.319 e. The monoisotopic (exact) mass is 260 g/mol. The maximum absolute atomic E-state index is 12.0. The molecule has 0 aromatic heterocycles. The predicted molar refractivity (Wildman–Crippen MR) is 74.4 cm³/mol. The van der Waals surface area contributed by atoms with Crippen LogP contribution in [0.1, 0.15) is 25.7 Å². The highest BCUT2D eigenvalue weighted by atomic mass is 16.5. The lowest BCUT2D eigenvalue weighted by Crippen LogP contribution is -2.41. The molecule has 2 N–H and O–H groups in total. The normalized spacial score (nSPS) is 28.2. The molecular weight excluding hydrogens is 240 g/mol. The molecular formula is C15H20N2O2. The number of urea groups is 1. The first-order valence-electron chi connectivity index (χ1n) is 6.97. The van der Waals surface area contributed by atoms with Crippen molar-refractivity contribution in [2.24, 2.45) is 11.8 Å². The molecule has 0 saturated heterocycles. The predicted octanol–water partition coefficient (Wildman–Crippen LogP) is 3.01. The van der Waals surface area contributed by atoms with E-state index >= 15 is 0 Å². The van der Waals surface area contributed by atoms with E-state index in [1.54, 1.807) is 7.11 Å². The van der Waals surface area contributed by atoms with Crippen molar-refractivity contribution in [2.45, 2.75) is 31.7 Å². The minimum atomic E-state index is -0.123. The van der Waals surface area contributed by atoms with Gasteiger partial charge in [-0.25, -0.2) is 4.79 Å². The minimum Gasteiger partial charge on any atom is -0.495 e. The first-order chi connectivity index (χ1) is 9.26. The van der Waals surface area contributed by atoms with Gasteiger partial charge in [0.15, 0.2) is 0 Å². The highest BCUT2D eigenvalue weighted by Crippen LogP contribution is 2.44.